The molecule has 9 heteroatoms. The number of pyridine rings is 1. The molecule has 156 valence electrons. The zero-order valence-corrected chi connectivity index (χ0v) is 17.3. The molecule has 1 saturated heterocycles. The lowest BCUT2D eigenvalue weighted by atomic mass is 10.1. The largest absolute Gasteiger partial charge is 0.490 e. The SMILES string of the molecule is CCNC(=O)N1CCC(Oc2ccn(-c3ccc(S(C)(=O)=O)cc3)c(=O)c2)CC1. The van der Waals surface area contributed by atoms with Gasteiger partial charge in [-0.25, -0.2) is 13.2 Å². The Kier molecular flexibility index (Phi) is 6.26. The minimum atomic E-state index is -3.28. The van der Waals surface area contributed by atoms with E-state index < -0.39 is 9.84 Å². The second-order valence-corrected chi connectivity index (χ2v) is 8.99. The predicted molar refractivity (Wildman–Crippen MR) is 109 cm³/mol. The average molecular weight is 420 g/mol. The van der Waals surface area contributed by atoms with E-state index in [-0.39, 0.29) is 22.6 Å². The van der Waals surface area contributed by atoms with E-state index in [1.807, 2.05) is 6.92 Å². The van der Waals surface area contributed by atoms with Crippen molar-refractivity contribution in [3.05, 3.63) is 52.9 Å². The summed E-state index contributed by atoms with van der Waals surface area (Å²) in [4.78, 5) is 26.3. The summed E-state index contributed by atoms with van der Waals surface area (Å²) in [6.07, 6.45) is 4.10. The van der Waals surface area contributed by atoms with E-state index in [1.165, 1.54) is 22.8 Å². The summed E-state index contributed by atoms with van der Waals surface area (Å²) in [6, 6.07) is 9.21. The van der Waals surface area contributed by atoms with E-state index in [2.05, 4.69) is 5.32 Å². The van der Waals surface area contributed by atoms with Gasteiger partial charge in [-0.15, -0.1) is 0 Å². The molecule has 29 heavy (non-hydrogen) atoms. The summed E-state index contributed by atoms with van der Waals surface area (Å²) in [5, 5.41) is 2.79. The molecule has 1 aromatic carbocycles. The number of nitrogens with one attached hydrogen (secondary N) is 1. The van der Waals surface area contributed by atoms with Crippen LogP contribution in [0.2, 0.25) is 0 Å². The summed E-state index contributed by atoms with van der Waals surface area (Å²) in [6.45, 7) is 3.71. The highest BCUT2D eigenvalue weighted by atomic mass is 32.2. The van der Waals surface area contributed by atoms with Gasteiger partial charge in [0, 0.05) is 56.7 Å². The number of aromatic nitrogens is 1. The van der Waals surface area contributed by atoms with Crippen LogP contribution in [-0.2, 0) is 9.84 Å². The quantitative estimate of drug-likeness (QED) is 0.797. The number of nitrogens with zero attached hydrogens (tertiary/aromatic N) is 2. The van der Waals surface area contributed by atoms with Crippen LogP contribution in [0.3, 0.4) is 0 Å². The molecule has 0 atom stereocenters. The van der Waals surface area contributed by atoms with E-state index in [0.29, 0.717) is 43.9 Å². The molecule has 2 amide bonds. The van der Waals surface area contributed by atoms with Crippen molar-refractivity contribution >= 4 is 15.9 Å². The third-order valence-corrected chi connectivity index (χ3v) is 5.92. The topological polar surface area (TPSA) is 97.7 Å². The number of piperidine rings is 1. The number of ether oxygens (including phenoxy) is 1. The molecule has 1 N–H and O–H groups in total. The molecule has 2 heterocycles. The van der Waals surface area contributed by atoms with E-state index in [9.17, 15) is 18.0 Å². The number of hydrogen-bond donors (Lipinski definition) is 1. The smallest absolute Gasteiger partial charge is 0.317 e. The van der Waals surface area contributed by atoms with Gasteiger partial charge in [-0.3, -0.25) is 9.36 Å². The highest BCUT2D eigenvalue weighted by Crippen LogP contribution is 2.19. The number of benzene rings is 1. The number of sulfone groups is 1. The fourth-order valence-corrected chi connectivity index (χ4v) is 3.86. The van der Waals surface area contributed by atoms with E-state index >= 15 is 0 Å². The third kappa shape index (κ3) is 5.17. The first kappa shape index (κ1) is 20.9. The Balaban J connectivity index is 1.65. The van der Waals surface area contributed by atoms with E-state index in [1.54, 1.807) is 29.3 Å². The van der Waals surface area contributed by atoms with Crippen LogP contribution in [0.15, 0.2) is 52.3 Å². The number of urea groups is 1. The summed E-state index contributed by atoms with van der Waals surface area (Å²) in [5.41, 5.74) is 0.304. The normalized spacial score (nSPS) is 15.2. The van der Waals surface area contributed by atoms with Crippen molar-refractivity contribution in [2.75, 3.05) is 25.9 Å². The van der Waals surface area contributed by atoms with Gasteiger partial charge in [-0.1, -0.05) is 0 Å². The lowest BCUT2D eigenvalue weighted by Gasteiger charge is -2.32. The number of hydrogen-bond acceptors (Lipinski definition) is 5. The molecule has 0 saturated carbocycles. The standard InChI is InChI=1S/C20H25N3O5S/c1-3-21-20(25)22-11-8-16(9-12-22)28-17-10-13-23(19(24)14-17)15-4-6-18(7-5-15)29(2,26)27/h4-7,10,13-14,16H,3,8-9,11-12H2,1-2H3,(H,21,25). The van der Waals surface area contributed by atoms with Gasteiger partial charge in [-0.2, -0.15) is 0 Å². The summed E-state index contributed by atoms with van der Waals surface area (Å²) < 4.78 is 30.5. The van der Waals surface area contributed by atoms with Crippen LogP contribution < -0.4 is 15.6 Å². The minimum Gasteiger partial charge on any atom is -0.490 e. The second kappa shape index (κ2) is 8.69. The summed E-state index contributed by atoms with van der Waals surface area (Å²) in [5.74, 6) is 0.482. The van der Waals surface area contributed by atoms with Crippen LogP contribution in [0.5, 0.6) is 5.75 Å². The predicted octanol–water partition coefficient (Wildman–Crippen LogP) is 1.81. The monoisotopic (exact) mass is 419 g/mol. The maximum Gasteiger partial charge on any atom is 0.317 e. The lowest BCUT2D eigenvalue weighted by molar-refractivity contribution is 0.111. The van der Waals surface area contributed by atoms with Gasteiger partial charge in [0.2, 0.25) is 0 Å². The third-order valence-electron chi connectivity index (χ3n) is 4.79. The van der Waals surface area contributed by atoms with Gasteiger partial charge >= 0.3 is 6.03 Å². The minimum absolute atomic E-state index is 0.0510. The number of likely N-dealkylation sites (tertiary alicyclic amines) is 1. The van der Waals surface area contributed by atoms with Crippen molar-refractivity contribution < 1.29 is 17.9 Å². The molecule has 1 fully saturated rings. The molecule has 1 aromatic heterocycles. The average Bonchev–Trinajstić information content (AvgIpc) is 2.68. The Morgan fingerprint density at radius 2 is 1.83 bits per heavy atom. The van der Waals surface area contributed by atoms with Gasteiger partial charge in [-0.05, 0) is 37.3 Å². The molecule has 3 rings (SSSR count). The van der Waals surface area contributed by atoms with Crippen LogP contribution in [0.4, 0.5) is 4.79 Å². The highest BCUT2D eigenvalue weighted by molar-refractivity contribution is 7.90. The molecular weight excluding hydrogens is 394 g/mol. The van der Waals surface area contributed by atoms with Crippen LogP contribution >= 0.6 is 0 Å². The molecular formula is C20H25N3O5S. The highest BCUT2D eigenvalue weighted by Gasteiger charge is 2.23. The Hall–Kier alpha value is -2.81. The van der Waals surface area contributed by atoms with Crippen molar-refractivity contribution in [1.29, 1.82) is 0 Å². The van der Waals surface area contributed by atoms with Crippen molar-refractivity contribution in [1.82, 2.24) is 14.8 Å². The second-order valence-electron chi connectivity index (χ2n) is 6.98. The molecule has 0 spiro atoms. The number of carbonyl (C=O) groups is 1. The summed E-state index contributed by atoms with van der Waals surface area (Å²) >= 11 is 0. The van der Waals surface area contributed by atoms with Crippen molar-refractivity contribution in [3.8, 4) is 11.4 Å². The Bertz CT molecular complexity index is 1020. The molecule has 8 nitrogen and oxygen atoms in total. The van der Waals surface area contributed by atoms with E-state index in [4.69, 9.17) is 4.74 Å². The zero-order valence-electron chi connectivity index (χ0n) is 16.5. The van der Waals surface area contributed by atoms with Crippen LogP contribution in [0.25, 0.3) is 5.69 Å². The van der Waals surface area contributed by atoms with Crippen LogP contribution in [0.1, 0.15) is 19.8 Å². The molecule has 0 unspecified atom stereocenters. The number of rotatable bonds is 5. The Morgan fingerprint density at radius 1 is 1.17 bits per heavy atom. The fraction of sp³-hybridized carbons (Fsp3) is 0.400. The molecule has 0 aliphatic carbocycles. The van der Waals surface area contributed by atoms with Crippen LogP contribution in [-0.4, -0.2) is 55.9 Å². The van der Waals surface area contributed by atoms with Crippen LogP contribution in [0, 0.1) is 0 Å². The van der Waals surface area contributed by atoms with Gasteiger partial charge < -0.3 is 15.0 Å². The number of carbonyl (C=O) groups excluding carboxylic acids is 1. The number of amides is 2. The maximum absolute atomic E-state index is 12.5. The Morgan fingerprint density at radius 3 is 2.38 bits per heavy atom. The molecule has 0 radical (unpaired) electrons. The molecule has 1 aliphatic heterocycles. The first-order chi connectivity index (χ1) is 13.8. The van der Waals surface area contributed by atoms with Gasteiger partial charge in [0.25, 0.3) is 5.56 Å². The first-order valence-corrected chi connectivity index (χ1v) is 11.4. The van der Waals surface area contributed by atoms with Gasteiger partial charge in [0.15, 0.2) is 9.84 Å². The van der Waals surface area contributed by atoms with E-state index in [0.717, 1.165) is 6.26 Å². The Labute approximate surface area is 170 Å². The fourth-order valence-electron chi connectivity index (χ4n) is 3.23. The lowest BCUT2D eigenvalue weighted by Crippen LogP contribution is -2.46. The van der Waals surface area contributed by atoms with Crippen molar-refractivity contribution in [2.45, 2.75) is 30.8 Å². The maximum atomic E-state index is 12.5. The van der Waals surface area contributed by atoms with Crippen molar-refractivity contribution in [3.63, 3.8) is 0 Å². The van der Waals surface area contributed by atoms with Gasteiger partial charge in [0.1, 0.15) is 11.9 Å². The molecule has 0 bridgehead atoms. The first-order valence-electron chi connectivity index (χ1n) is 9.50. The molecule has 2 aromatic rings. The summed E-state index contributed by atoms with van der Waals surface area (Å²) in [7, 11) is -3.28. The molecule has 1 aliphatic rings. The van der Waals surface area contributed by atoms with Crippen molar-refractivity contribution in [2.24, 2.45) is 0 Å². The van der Waals surface area contributed by atoms with Gasteiger partial charge in [0.05, 0.1) is 4.90 Å². The zero-order chi connectivity index (χ0) is 21.0.